The van der Waals surface area contributed by atoms with E-state index in [-0.39, 0.29) is 6.09 Å². The summed E-state index contributed by atoms with van der Waals surface area (Å²) in [5, 5.41) is 3.70. The number of hydrogen-bond donors (Lipinski definition) is 1. The number of nitrogens with zero attached hydrogens (tertiary/aromatic N) is 1. The highest BCUT2D eigenvalue weighted by atomic mass is 32.2. The largest absolute Gasteiger partial charge is 0.444 e. The summed E-state index contributed by atoms with van der Waals surface area (Å²) in [6, 6.07) is 0.844. The van der Waals surface area contributed by atoms with Crippen LogP contribution < -0.4 is 5.32 Å². The molecule has 134 valence electrons. The van der Waals surface area contributed by atoms with Crippen molar-refractivity contribution in [1.82, 2.24) is 10.2 Å². The second kappa shape index (κ2) is 7.97. The second-order valence-electron chi connectivity index (χ2n) is 7.91. The van der Waals surface area contributed by atoms with Crippen LogP contribution in [-0.4, -0.2) is 57.5 Å². The van der Waals surface area contributed by atoms with E-state index in [1.807, 2.05) is 25.7 Å². The van der Waals surface area contributed by atoms with E-state index in [0.717, 1.165) is 50.3 Å². The fraction of sp³-hybridized carbons (Fsp3) is 0.941. The molecule has 6 heteroatoms. The van der Waals surface area contributed by atoms with Crippen LogP contribution in [0.5, 0.6) is 0 Å². The average molecular weight is 345 g/mol. The Morgan fingerprint density at radius 3 is 2.52 bits per heavy atom. The monoisotopic (exact) mass is 344 g/mol. The van der Waals surface area contributed by atoms with Crippen LogP contribution in [0.15, 0.2) is 0 Å². The van der Waals surface area contributed by atoms with Crippen LogP contribution in [-0.2, 0) is 15.5 Å². The van der Waals surface area contributed by atoms with Crippen LogP contribution in [0.3, 0.4) is 0 Å². The van der Waals surface area contributed by atoms with E-state index in [0.29, 0.717) is 18.0 Å². The summed E-state index contributed by atoms with van der Waals surface area (Å²) in [6.07, 6.45) is 3.98. The van der Waals surface area contributed by atoms with Crippen molar-refractivity contribution in [3.63, 3.8) is 0 Å². The molecule has 2 atom stereocenters. The van der Waals surface area contributed by atoms with E-state index < -0.39 is 16.4 Å². The molecule has 2 unspecified atom stereocenters. The molecule has 0 aromatic rings. The van der Waals surface area contributed by atoms with Gasteiger partial charge in [-0.1, -0.05) is 0 Å². The topological polar surface area (TPSA) is 58.6 Å². The maximum atomic E-state index is 12.3. The van der Waals surface area contributed by atoms with Crippen molar-refractivity contribution in [2.75, 3.05) is 24.6 Å². The van der Waals surface area contributed by atoms with Crippen LogP contribution in [0, 0.1) is 5.92 Å². The molecule has 0 aliphatic carbocycles. The summed E-state index contributed by atoms with van der Waals surface area (Å²) in [5.41, 5.74) is -0.439. The zero-order valence-corrected chi connectivity index (χ0v) is 15.8. The first-order chi connectivity index (χ1) is 10.7. The van der Waals surface area contributed by atoms with Crippen molar-refractivity contribution in [3.8, 4) is 0 Å². The molecule has 2 rings (SSSR count). The van der Waals surface area contributed by atoms with E-state index >= 15 is 0 Å². The van der Waals surface area contributed by atoms with Gasteiger partial charge in [-0.25, -0.2) is 4.79 Å². The van der Waals surface area contributed by atoms with Gasteiger partial charge >= 0.3 is 6.09 Å². The molecule has 2 aliphatic heterocycles. The van der Waals surface area contributed by atoms with Crippen molar-refractivity contribution in [1.29, 1.82) is 0 Å². The molecule has 2 fully saturated rings. The Morgan fingerprint density at radius 2 is 1.91 bits per heavy atom. The minimum Gasteiger partial charge on any atom is -0.444 e. The minimum absolute atomic E-state index is 0.192. The first-order valence-corrected chi connectivity index (χ1v) is 10.3. The van der Waals surface area contributed by atoms with Crippen LogP contribution in [0.2, 0.25) is 0 Å². The van der Waals surface area contributed by atoms with Crippen LogP contribution in [0.25, 0.3) is 0 Å². The Bertz CT molecular complexity index is 426. The Balaban J connectivity index is 1.82. The van der Waals surface area contributed by atoms with Gasteiger partial charge < -0.3 is 15.0 Å². The van der Waals surface area contributed by atoms with E-state index in [2.05, 4.69) is 12.2 Å². The van der Waals surface area contributed by atoms with Crippen molar-refractivity contribution < 1.29 is 13.7 Å². The van der Waals surface area contributed by atoms with Gasteiger partial charge in [0.15, 0.2) is 0 Å². The lowest BCUT2D eigenvalue weighted by Gasteiger charge is -2.38. The van der Waals surface area contributed by atoms with Gasteiger partial charge in [0.05, 0.1) is 0 Å². The van der Waals surface area contributed by atoms with E-state index in [4.69, 9.17) is 4.74 Å². The predicted molar refractivity (Wildman–Crippen MR) is 94.0 cm³/mol. The Hall–Kier alpha value is -0.620. The molecular formula is C17H32N2O3S. The number of rotatable bonds is 3. The first kappa shape index (κ1) is 18.7. The van der Waals surface area contributed by atoms with Gasteiger partial charge in [-0.15, -0.1) is 0 Å². The first-order valence-electron chi connectivity index (χ1n) is 8.83. The van der Waals surface area contributed by atoms with Gasteiger partial charge in [-0.05, 0) is 59.3 Å². The molecule has 1 N–H and O–H groups in total. The summed E-state index contributed by atoms with van der Waals surface area (Å²) in [6.45, 7) is 9.49. The summed E-state index contributed by atoms with van der Waals surface area (Å²) in [4.78, 5) is 14.1. The molecule has 23 heavy (non-hydrogen) atoms. The van der Waals surface area contributed by atoms with Crippen LogP contribution >= 0.6 is 0 Å². The van der Waals surface area contributed by atoms with Crippen molar-refractivity contribution in [3.05, 3.63) is 0 Å². The molecule has 2 heterocycles. The number of nitrogens with one attached hydrogen (secondary N) is 1. The number of ether oxygens (including phenoxy) is 1. The molecule has 0 aromatic heterocycles. The van der Waals surface area contributed by atoms with Gasteiger partial charge in [0.1, 0.15) is 5.60 Å². The highest BCUT2D eigenvalue weighted by Gasteiger charge is 2.31. The number of hydrogen-bond acceptors (Lipinski definition) is 4. The molecule has 0 bridgehead atoms. The molecule has 0 aromatic carbocycles. The van der Waals surface area contributed by atoms with Crippen molar-refractivity contribution in [2.45, 2.75) is 71.1 Å². The number of piperidine rings is 1. The Labute approximate surface area is 143 Å². The molecule has 2 saturated heterocycles. The lowest BCUT2D eigenvalue weighted by molar-refractivity contribution is 0.0146. The van der Waals surface area contributed by atoms with E-state index in [9.17, 15) is 9.00 Å². The SMILES string of the molecule is CC(NC1CCS(=O)CC1)C1CCCN(C(=O)OC(C)(C)C)C1. The maximum absolute atomic E-state index is 12.3. The molecular weight excluding hydrogens is 312 g/mol. The third kappa shape index (κ3) is 6.07. The summed E-state index contributed by atoms with van der Waals surface area (Å²) >= 11 is 0. The summed E-state index contributed by atoms with van der Waals surface area (Å²) in [7, 11) is -0.612. The average Bonchev–Trinajstić information content (AvgIpc) is 2.48. The Morgan fingerprint density at radius 1 is 1.26 bits per heavy atom. The van der Waals surface area contributed by atoms with E-state index in [1.54, 1.807) is 0 Å². The number of carbonyl (C=O) groups excluding carboxylic acids is 1. The Kier molecular flexibility index (Phi) is 6.48. The lowest BCUT2D eigenvalue weighted by Crippen LogP contribution is -2.50. The van der Waals surface area contributed by atoms with Gasteiger partial charge in [-0.3, -0.25) is 4.21 Å². The van der Waals surface area contributed by atoms with Gasteiger partial charge in [0, 0.05) is 47.5 Å². The van der Waals surface area contributed by atoms with Gasteiger partial charge in [0.25, 0.3) is 0 Å². The number of likely N-dealkylation sites (tertiary alicyclic amines) is 1. The number of amides is 1. The molecule has 0 spiro atoms. The zero-order valence-electron chi connectivity index (χ0n) is 15.0. The summed E-state index contributed by atoms with van der Waals surface area (Å²) < 4.78 is 17.0. The molecule has 2 aliphatic rings. The normalized spacial score (nSPS) is 30.8. The maximum Gasteiger partial charge on any atom is 0.410 e. The molecule has 0 radical (unpaired) electrons. The fourth-order valence-corrected chi connectivity index (χ4v) is 4.68. The quantitative estimate of drug-likeness (QED) is 0.855. The van der Waals surface area contributed by atoms with Gasteiger partial charge in [0.2, 0.25) is 0 Å². The third-order valence-electron chi connectivity index (χ3n) is 4.70. The highest BCUT2D eigenvalue weighted by Crippen LogP contribution is 2.23. The lowest BCUT2D eigenvalue weighted by atomic mass is 9.91. The smallest absolute Gasteiger partial charge is 0.410 e. The van der Waals surface area contributed by atoms with Crippen molar-refractivity contribution >= 4 is 16.9 Å². The van der Waals surface area contributed by atoms with Crippen molar-refractivity contribution in [2.24, 2.45) is 5.92 Å². The molecule has 1 amide bonds. The standard InChI is InChI=1S/C17H32N2O3S/c1-13(18-15-7-10-23(21)11-8-15)14-6-5-9-19(12-14)16(20)22-17(2,3)4/h13-15,18H,5-12H2,1-4H3. The van der Waals surface area contributed by atoms with Gasteiger partial charge in [-0.2, -0.15) is 0 Å². The fourth-order valence-electron chi connectivity index (χ4n) is 3.38. The zero-order chi connectivity index (χ0) is 17.0. The third-order valence-corrected chi connectivity index (χ3v) is 6.09. The molecule has 0 saturated carbocycles. The minimum atomic E-state index is -0.612. The molecule has 5 nitrogen and oxygen atoms in total. The number of carbonyl (C=O) groups is 1. The highest BCUT2D eigenvalue weighted by molar-refractivity contribution is 7.85. The summed E-state index contributed by atoms with van der Waals surface area (Å²) in [5.74, 6) is 2.10. The second-order valence-corrected chi connectivity index (χ2v) is 9.60. The van der Waals surface area contributed by atoms with Crippen LogP contribution in [0.1, 0.15) is 53.4 Å². The van der Waals surface area contributed by atoms with Crippen LogP contribution in [0.4, 0.5) is 4.79 Å². The van der Waals surface area contributed by atoms with E-state index in [1.165, 1.54) is 0 Å². The predicted octanol–water partition coefficient (Wildman–Crippen LogP) is 2.52.